The number of benzene rings is 1. The highest BCUT2D eigenvalue weighted by Gasteiger charge is 2.33. The van der Waals surface area contributed by atoms with E-state index in [2.05, 4.69) is 16.2 Å². The summed E-state index contributed by atoms with van der Waals surface area (Å²) in [5, 5.41) is 0.567. The molecule has 4 nitrogen and oxygen atoms in total. The Kier molecular flexibility index (Phi) is 5.96. The highest BCUT2D eigenvalue weighted by molar-refractivity contribution is 7.90. The zero-order chi connectivity index (χ0) is 18.0. The summed E-state index contributed by atoms with van der Waals surface area (Å²) in [6.07, 6.45) is 6.65. The first kappa shape index (κ1) is 19.0. The van der Waals surface area contributed by atoms with Crippen LogP contribution < -0.4 is 0 Å². The minimum Gasteiger partial charge on any atom is -0.359 e. The zero-order valence-corrected chi connectivity index (χ0v) is 16.7. The molecule has 2 aliphatic rings. The largest absolute Gasteiger partial charge is 0.359 e. The van der Waals surface area contributed by atoms with E-state index in [-0.39, 0.29) is 15.8 Å². The van der Waals surface area contributed by atoms with E-state index in [1.165, 1.54) is 24.6 Å². The molecule has 2 fully saturated rings. The van der Waals surface area contributed by atoms with E-state index in [9.17, 15) is 8.42 Å². The van der Waals surface area contributed by atoms with Crippen molar-refractivity contribution in [3.05, 3.63) is 28.2 Å². The van der Waals surface area contributed by atoms with Crippen LogP contribution in [0.3, 0.4) is 0 Å². The van der Waals surface area contributed by atoms with Crippen LogP contribution in [-0.4, -0.2) is 32.2 Å². The maximum Gasteiger partial charge on any atom is 0.284 e. The van der Waals surface area contributed by atoms with Gasteiger partial charge in [0.25, 0.3) is 10.0 Å². The predicted octanol–water partition coefficient (Wildman–Crippen LogP) is 5.00. The van der Waals surface area contributed by atoms with Crippen LogP contribution >= 0.6 is 23.2 Å². The lowest BCUT2D eigenvalue weighted by molar-refractivity contribution is 0.317. The van der Waals surface area contributed by atoms with Gasteiger partial charge in [-0.15, -0.1) is 4.40 Å². The van der Waals surface area contributed by atoms with Crippen LogP contribution in [0.15, 0.2) is 27.5 Å². The van der Waals surface area contributed by atoms with E-state index in [1.807, 2.05) is 0 Å². The third-order valence-electron chi connectivity index (χ3n) is 5.28. The fourth-order valence-corrected chi connectivity index (χ4v) is 5.30. The van der Waals surface area contributed by atoms with Crippen LogP contribution in [0.1, 0.15) is 45.4 Å². The Labute approximate surface area is 160 Å². The smallest absolute Gasteiger partial charge is 0.284 e. The van der Waals surface area contributed by atoms with Gasteiger partial charge >= 0.3 is 0 Å². The quantitative estimate of drug-likeness (QED) is 0.527. The van der Waals surface area contributed by atoms with Gasteiger partial charge in [0.2, 0.25) is 0 Å². The molecule has 1 saturated carbocycles. The number of sulfonamides is 1. The van der Waals surface area contributed by atoms with Gasteiger partial charge in [-0.05, 0) is 56.2 Å². The Morgan fingerprint density at radius 1 is 1.08 bits per heavy atom. The molecule has 0 N–H and O–H groups in total. The van der Waals surface area contributed by atoms with E-state index >= 15 is 0 Å². The predicted molar refractivity (Wildman–Crippen MR) is 103 cm³/mol. The molecule has 7 heteroatoms. The maximum atomic E-state index is 12.9. The van der Waals surface area contributed by atoms with Gasteiger partial charge in [0.1, 0.15) is 5.84 Å². The van der Waals surface area contributed by atoms with Crippen molar-refractivity contribution in [2.24, 2.45) is 16.2 Å². The molecule has 1 aromatic rings. The molecule has 138 valence electrons. The fourth-order valence-electron chi connectivity index (χ4n) is 3.83. The second-order valence-electron chi connectivity index (χ2n) is 7.06. The highest BCUT2D eigenvalue weighted by atomic mass is 35.5. The third kappa shape index (κ3) is 4.32. The van der Waals surface area contributed by atoms with Crippen molar-refractivity contribution in [2.75, 3.05) is 13.1 Å². The molecular weight excluding hydrogens is 379 g/mol. The number of amidine groups is 1. The van der Waals surface area contributed by atoms with Gasteiger partial charge in [-0.2, -0.15) is 8.42 Å². The van der Waals surface area contributed by atoms with Crippen LogP contribution in [0.5, 0.6) is 0 Å². The summed E-state index contributed by atoms with van der Waals surface area (Å²) in [5.74, 6) is 1.43. The van der Waals surface area contributed by atoms with Crippen molar-refractivity contribution in [1.29, 1.82) is 0 Å². The number of piperidine rings is 1. The molecule has 0 bridgehead atoms. The lowest BCUT2D eigenvalue weighted by Crippen LogP contribution is -2.41. The molecule has 3 rings (SSSR count). The van der Waals surface area contributed by atoms with Gasteiger partial charge in [0.15, 0.2) is 0 Å². The fraction of sp³-hybridized carbons (Fsp3) is 0.611. The zero-order valence-electron chi connectivity index (χ0n) is 14.4. The van der Waals surface area contributed by atoms with Gasteiger partial charge in [-0.3, -0.25) is 0 Å². The number of hydrogen-bond donors (Lipinski definition) is 0. The summed E-state index contributed by atoms with van der Waals surface area (Å²) in [7, 11) is -3.81. The number of rotatable bonds is 3. The number of hydrogen-bond acceptors (Lipinski definition) is 2. The van der Waals surface area contributed by atoms with Crippen LogP contribution in [-0.2, 0) is 10.0 Å². The Balaban J connectivity index is 1.99. The van der Waals surface area contributed by atoms with Gasteiger partial charge in [-0.25, -0.2) is 0 Å². The highest BCUT2D eigenvalue weighted by Crippen LogP contribution is 2.35. The van der Waals surface area contributed by atoms with Crippen molar-refractivity contribution in [3.63, 3.8) is 0 Å². The SMILES string of the molecule is CC1CCCC1C(=NS(=O)(=O)c1ccc(Cl)c(Cl)c1)N1CCCCC1. The van der Waals surface area contributed by atoms with E-state index in [4.69, 9.17) is 23.2 Å². The Hall–Kier alpha value is -0.780. The molecule has 1 aliphatic heterocycles. The summed E-state index contributed by atoms with van der Waals surface area (Å²) >= 11 is 11.9. The first-order valence-corrected chi connectivity index (χ1v) is 11.1. The second-order valence-corrected chi connectivity index (χ2v) is 9.48. The van der Waals surface area contributed by atoms with Crippen LogP contribution in [0.25, 0.3) is 0 Å². The van der Waals surface area contributed by atoms with Crippen molar-refractivity contribution >= 4 is 39.1 Å². The van der Waals surface area contributed by atoms with Crippen LogP contribution in [0.2, 0.25) is 10.0 Å². The molecular formula is C18H24Cl2N2O2S. The molecule has 0 radical (unpaired) electrons. The third-order valence-corrected chi connectivity index (χ3v) is 7.29. The van der Waals surface area contributed by atoms with E-state index in [0.29, 0.717) is 10.9 Å². The summed E-state index contributed by atoms with van der Waals surface area (Å²) in [6, 6.07) is 4.36. The normalized spacial score (nSPS) is 25.4. The minimum atomic E-state index is -3.81. The monoisotopic (exact) mass is 402 g/mol. The topological polar surface area (TPSA) is 49.7 Å². The Morgan fingerprint density at radius 3 is 2.40 bits per heavy atom. The maximum absolute atomic E-state index is 12.9. The van der Waals surface area contributed by atoms with Crippen LogP contribution in [0, 0.1) is 11.8 Å². The number of nitrogens with zero attached hydrogens (tertiary/aromatic N) is 2. The average molecular weight is 403 g/mol. The average Bonchev–Trinajstić information content (AvgIpc) is 3.02. The lowest BCUT2D eigenvalue weighted by Gasteiger charge is -2.33. The molecule has 1 heterocycles. The standard InChI is InChI=1S/C18H24Cl2N2O2S/c1-13-6-5-7-15(13)18(22-10-3-2-4-11-22)21-25(23,24)14-8-9-16(19)17(20)12-14/h8-9,12-13,15H,2-7,10-11H2,1H3. The van der Waals surface area contributed by atoms with E-state index in [1.54, 1.807) is 0 Å². The second kappa shape index (κ2) is 7.85. The Morgan fingerprint density at radius 2 is 1.80 bits per heavy atom. The van der Waals surface area contributed by atoms with Crippen molar-refractivity contribution in [2.45, 2.75) is 50.3 Å². The van der Waals surface area contributed by atoms with Gasteiger partial charge in [0.05, 0.1) is 14.9 Å². The van der Waals surface area contributed by atoms with E-state index in [0.717, 1.165) is 51.0 Å². The molecule has 0 spiro atoms. The molecule has 25 heavy (non-hydrogen) atoms. The van der Waals surface area contributed by atoms with Gasteiger partial charge in [-0.1, -0.05) is 36.5 Å². The first-order valence-electron chi connectivity index (χ1n) is 8.93. The molecule has 2 atom stereocenters. The van der Waals surface area contributed by atoms with Gasteiger partial charge < -0.3 is 4.90 Å². The summed E-state index contributed by atoms with van der Waals surface area (Å²) in [5.41, 5.74) is 0. The first-order chi connectivity index (χ1) is 11.9. The van der Waals surface area contributed by atoms with Gasteiger partial charge in [0, 0.05) is 19.0 Å². The lowest BCUT2D eigenvalue weighted by atomic mass is 9.95. The van der Waals surface area contributed by atoms with Crippen molar-refractivity contribution in [1.82, 2.24) is 4.90 Å². The summed E-state index contributed by atoms with van der Waals surface area (Å²) in [6.45, 7) is 3.97. The van der Waals surface area contributed by atoms with Crippen molar-refractivity contribution in [3.8, 4) is 0 Å². The molecule has 1 aliphatic carbocycles. The molecule has 0 aromatic heterocycles. The number of halogens is 2. The molecule has 2 unspecified atom stereocenters. The van der Waals surface area contributed by atoms with E-state index < -0.39 is 10.0 Å². The molecule has 1 saturated heterocycles. The van der Waals surface area contributed by atoms with Crippen LogP contribution in [0.4, 0.5) is 0 Å². The van der Waals surface area contributed by atoms with Crippen molar-refractivity contribution < 1.29 is 8.42 Å². The molecule has 1 aromatic carbocycles. The summed E-state index contributed by atoms with van der Waals surface area (Å²) < 4.78 is 30.1. The molecule has 0 amide bonds. The number of likely N-dealkylation sites (tertiary alicyclic amines) is 1. The summed E-state index contributed by atoms with van der Waals surface area (Å²) in [4.78, 5) is 2.28. The minimum absolute atomic E-state index is 0.0991. The Bertz CT molecular complexity index is 758.